The lowest BCUT2D eigenvalue weighted by atomic mass is 9.81. The number of carbonyl (C=O) groups is 1. The minimum absolute atomic E-state index is 0.0938. The number of nitrogens with one attached hydrogen (secondary N) is 1. The molecular formula is C29H22Cl2N2O2. The highest BCUT2D eigenvalue weighted by Gasteiger charge is 2.54. The molecule has 0 aliphatic carbocycles. The largest absolute Gasteiger partial charge is 0.439 e. The Balaban J connectivity index is 1.83. The topological polar surface area (TPSA) is 47.0 Å². The average molecular weight is 501 g/mol. The molecule has 3 heterocycles. The number of nitrogens with zero attached hydrogens (tertiary/aromatic N) is 1. The maximum Gasteiger partial charge on any atom is 0.352 e. The van der Waals surface area contributed by atoms with Crippen molar-refractivity contribution in [3.8, 4) is 11.3 Å². The fourth-order valence-electron chi connectivity index (χ4n) is 5.53. The second-order valence-electron chi connectivity index (χ2n) is 8.71. The molecule has 0 spiro atoms. The Morgan fingerprint density at radius 1 is 0.886 bits per heavy atom. The minimum atomic E-state index is -1.41. The van der Waals surface area contributed by atoms with Crippen molar-refractivity contribution in [2.75, 3.05) is 0 Å². The predicted molar refractivity (Wildman–Crippen MR) is 142 cm³/mol. The van der Waals surface area contributed by atoms with E-state index in [0.29, 0.717) is 0 Å². The van der Waals surface area contributed by atoms with Gasteiger partial charge in [0.1, 0.15) is 5.03 Å². The number of carbonyl (C=O) groups excluding carboxylic acids is 1. The summed E-state index contributed by atoms with van der Waals surface area (Å²) in [6, 6.07) is 26.1. The van der Waals surface area contributed by atoms with Crippen molar-refractivity contribution in [2.45, 2.75) is 26.0 Å². The molecule has 2 aromatic heterocycles. The number of halogens is 2. The molecule has 1 aliphatic rings. The number of hydrogen-bond acceptors (Lipinski definition) is 2. The Bertz CT molecular complexity index is 1660. The van der Waals surface area contributed by atoms with Crippen LogP contribution in [0, 0.1) is 6.92 Å². The number of H-pyrrole nitrogens is 1. The van der Waals surface area contributed by atoms with Gasteiger partial charge in [-0.15, -0.1) is 0 Å². The first-order chi connectivity index (χ1) is 17.0. The Hall–Kier alpha value is -3.47. The summed E-state index contributed by atoms with van der Waals surface area (Å²) < 4.78 is 8.53. The lowest BCUT2D eigenvalue weighted by Gasteiger charge is -2.31. The van der Waals surface area contributed by atoms with E-state index in [2.05, 4.69) is 22.5 Å². The highest BCUT2D eigenvalue weighted by Crippen LogP contribution is 2.56. The summed E-state index contributed by atoms with van der Waals surface area (Å²) in [6.45, 7) is 4.90. The van der Waals surface area contributed by atoms with Gasteiger partial charge in [-0.2, -0.15) is 0 Å². The summed E-state index contributed by atoms with van der Waals surface area (Å²) >= 11 is 13.6. The van der Waals surface area contributed by atoms with E-state index < -0.39 is 11.6 Å². The molecule has 0 fully saturated rings. The molecule has 0 saturated heterocycles. The van der Waals surface area contributed by atoms with Gasteiger partial charge in [0.25, 0.3) is 0 Å². The zero-order chi connectivity index (χ0) is 24.3. The van der Waals surface area contributed by atoms with Gasteiger partial charge in [-0.1, -0.05) is 89.9 Å². The van der Waals surface area contributed by atoms with Gasteiger partial charge in [-0.3, -0.25) is 0 Å². The van der Waals surface area contributed by atoms with Gasteiger partial charge in [-0.25, -0.2) is 4.79 Å². The molecule has 35 heavy (non-hydrogen) atoms. The van der Waals surface area contributed by atoms with E-state index in [1.807, 2.05) is 79.7 Å². The third-order valence-electron chi connectivity index (χ3n) is 6.95. The highest BCUT2D eigenvalue weighted by atomic mass is 35.5. The van der Waals surface area contributed by atoms with E-state index in [4.69, 9.17) is 27.9 Å². The average Bonchev–Trinajstić information content (AvgIpc) is 3.49. The maximum atomic E-state index is 13.1. The minimum Gasteiger partial charge on any atom is -0.439 e. The van der Waals surface area contributed by atoms with Crippen molar-refractivity contribution in [1.29, 1.82) is 0 Å². The van der Waals surface area contributed by atoms with Crippen molar-refractivity contribution < 1.29 is 9.53 Å². The number of aromatic amines is 1. The number of rotatable bonds is 4. The third-order valence-corrected chi connectivity index (χ3v) is 7.84. The normalized spacial score (nSPS) is 18.1. The molecular weight excluding hydrogens is 479 g/mol. The van der Waals surface area contributed by atoms with Crippen LogP contribution in [-0.4, -0.2) is 15.5 Å². The number of benzene rings is 3. The molecule has 1 N–H and O–H groups in total. The number of fused-ring (bicyclic) bond motifs is 2. The number of para-hydroxylation sites is 2. The number of aromatic nitrogens is 2. The zero-order valence-electron chi connectivity index (χ0n) is 19.2. The molecule has 0 radical (unpaired) electrons. The Kier molecular flexibility index (Phi) is 5.06. The number of hydrogen-bond donors (Lipinski definition) is 1. The van der Waals surface area contributed by atoms with Gasteiger partial charge in [0.15, 0.2) is 0 Å². The second-order valence-corrected chi connectivity index (χ2v) is 9.46. The van der Waals surface area contributed by atoms with E-state index in [-0.39, 0.29) is 10.1 Å². The zero-order valence-corrected chi connectivity index (χ0v) is 20.7. The standard InChI is InChI=1S/C29H22Cl2N2O2/c1-3-33-17(2)23(20-14-8-10-16-22(20)33)29(27(31)25(30)28(34)35-29)24-19-13-7-9-15-21(19)32-26(24)18-11-5-4-6-12-18/h4-16,32H,3H2,1-2H3. The first kappa shape index (κ1) is 22.0. The van der Waals surface area contributed by atoms with Crippen LogP contribution in [0.5, 0.6) is 0 Å². The molecule has 1 unspecified atom stereocenters. The van der Waals surface area contributed by atoms with E-state index >= 15 is 0 Å². The van der Waals surface area contributed by atoms with Gasteiger partial charge < -0.3 is 14.3 Å². The Labute approximate surface area is 212 Å². The third kappa shape index (κ3) is 2.97. The van der Waals surface area contributed by atoms with Gasteiger partial charge in [0.2, 0.25) is 5.60 Å². The van der Waals surface area contributed by atoms with E-state index in [1.54, 1.807) is 0 Å². The molecule has 174 valence electrons. The van der Waals surface area contributed by atoms with Crippen molar-refractivity contribution in [3.63, 3.8) is 0 Å². The van der Waals surface area contributed by atoms with Crippen molar-refractivity contribution in [1.82, 2.24) is 9.55 Å². The second kappa shape index (κ2) is 8.04. The van der Waals surface area contributed by atoms with Gasteiger partial charge in [0, 0.05) is 45.2 Å². The molecule has 1 aliphatic heterocycles. The lowest BCUT2D eigenvalue weighted by Crippen LogP contribution is -2.31. The molecule has 0 bridgehead atoms. The molecule has 0 saturated carbocycles. The Morgan fingerprint density at radius 3 is 2.23 bits per heavy atom. The molecule has 6 rings (SSSR count). The summed E-state index contributed by atoms with van der Waals surface area (Å²) in [4.78, 5) is 16.6. The fourth-order valence-corrected chi connectivity index (χ4v) is 6.01. The van der Waals surface area contributed by atoms with Crippen LogP contribution in [0.3, 0.4) is 0 Å². The number of aryl methyl sites for hydroxylation is 1. The smallest absolute Gasteiger partial charge is 0.352 e. The molecule has 0 amide bonds. The van der Waals surface area contributed by atoms with Gasteiger partial charge >= 0.3 is 5.97 Å². The predicted octanol–water partition coefficient (Wildman–Crippen LogP) is 7.61. The summed E-state index contributed by atoms with van der Waals surface area (Å²) in [5.74, 6) is -0.631. The van der Waals surface area contributed by atoms with Crippen LogP contribution in [-0.2, 0) is 21.7 Å². The fraction of sp³-hybridized carbons (Fsp3) is 0.138. The number of ether oxygens (including phenoxy) is 1. The molecule has 4 nitrogen and oxygen atoms in total. The van der Waals surface area contributed by atoms with Crippen LogP contribution < -0.4 is 0 Å². The lowest BCUT2D eigenvalue weighted by molar-refractivity contribution is -0.143. The first-order valence-corrected chi connectivity index (χ1v) is 12.3. The quantitative estimate of drug-likeness (QED) is 0.258. The summed E-state index contributed by atoms with van der Waals surface area (Å²) in [5.41, 5.74) is 4.91. The maximum absolute atomic E-state index is 13.1. The summed E-state index contributed by atoms with van der Waals surface area (Å²) in [5, 5.41) is 1.96. The van der Waals surface area contributed by atoms with Crippen molar-refractivity contribution in [3.05, 3.63) is 106 Å². The SMILES string of the molecule is CCn1c(C)c(C2(c3c(-c4ccccc4)[nH]c4ccccc34)OC(=O)C(Cl)=C2Cl)c2ccccc21. The van der Waals surface area contributed by atoms with Crippen LogP contribution in [0.25, 0.3) is 33.1 Å². The molecule has 6 heteroatoms. The van der Waals surface area contributed by atoms with Gasteiger partial charge in [-0.05, 0) is 31.5 Å². The van der Waals surface area contributed by atoms with Crippen molar-refractivity contribution >= 4 is 51.0 Å². The van der Waals surface area contributed by atoms with E-state index in [9.17, 15) is 4.79 Å². The van der Waals surface area contributed by atoms with Crippen LogP contribution in [0.2, 0.25) is 0 Å². The Morgan fingerprint density at radius 2 is 1.54 bits per heavy atom. The van der Waals surface area contributed by atoms with Crippen LogP contribution in [0.4, 0.5) is 0 Å². The molecule has 1 atom stereocenters. The summed E-state index contributed by atoms with van der Waals surface area (Å²) in [6.07, 6.45) is 0. The van der Waals surface area contributed by atoms with Crippen LogP contribution in [0.15, 0.2) is 88.9 Å². The monoisotopic (exact) mass is 500 g/mol. The number of esters is 1. The molecule has 5 aromatic rings. The van der Waals surface area contributed by atoms with Crippen LogP contribution >= 0.6 is 23.2 Å². The van der Waals surface area contributed by atoms with Gasteiger partial charge in [0.05, 0.1) is 10.7 Å². The van der Waals surface area contributed by atoms with E-state index in [0.717, 1.165) is 56.4 Å². The first-order valence-electron chi connectivity index (χ1n) is 11.5. The van der Waals surface area contributed by atoms with Crippen molar-refractivity contribution in [2.24, 2.45) is 0 Å². The molecule has 3 aromatic carbocycles. The number of cyclic esters (lactones) is 1. The van der Waals surface area contributed by atoms with E-state index in [1.165, 1.54) is 0 Å². The summed E-state index contributed by atoms with van der Waals surface area (Å²) in [7, 11) is 0. The highest BCUT2D eigenvalue weighted by molar-refractivity contribution is 6.49. The van der Waals surface area contributed by atoms with Crippen LogP contribution in [0.1, 0.15) is 23.7 Å².